The highest BCUT2D eigenvalue weighted by Gasteiger charge is 2.20. The number of aromatic nitrogens is 6. The zero-order valence-corrected chi connectivity index (χ0v) is 33.7. The fourth-order valence-electron chi connectivity index (χ4n) is 8.32. The molecule has 0 saturated heterocycles. The molecule has 0 amide bonds. The fourth-order valence-corrected chi connectivity index (χ4v) is 8.32. The Labute approximate surface area is 362 Å². The van der Waals surface area contributed by atoms with Crippen LogP contribution in [0.5, 0.6) is 0 Å². The predicted molar refractivity (Wildman–Crippen MR) is 254 cm³/mol. The summed E-state index contributed by atoms with van der Waals surface area (Å²) in [6, 6.07) is 68.5. The average Bonchev–Trinajstić information content (AvgIpc) is 3.74. The number of furan rings is 1. The zero-order chi connectivity index (χ0) is 41.7. The molecule has 0 fully saturated rings. The Morgan fingerprint density at radius 2 is 0.794 bits per heavy atom. The molecule has 4 aromatic heterocycles. The Morgan fingerprint density at radius 1 is 0.302 bits per heavy atom. The van der Waals surface area contributed by atoms with E-state index in [4.69, 9.17) is 34.3 Å². The Balaban J connectivity index is 0.946. The van der Waals surface area contributed by atoms with Crippen LogP contribution in [0.1, 0.15) is 0 Å². The SMILES string of the molecule is c1ccc(-c2cccc(-c3nc(-c4ccccc4)nc(-c4ccc(-c5cnc6oc7c(-c8ccc9cc%10ccccc%10cc9c8)nc(-c8ccccc8)nc7c6c5)cc4)n3)c2)cc1. The first-order valence-corrected chi connectivity index (χ1v) is 20.8. The van der Waals surface area contributed by atoms with E-state index < -0.39 is 0 Å². The van der Waals surface area contributed by atoms with Crippen LogP contribution >= 0.6 is 0 Å². The van der Waals surface area contributed by atoms with Gasteiger partial charge in [0.05, 0.1) is 5.39 Å². The van der Waals surface area contributed by atoms with Gasteiger partial charge in [-0.2, -0.15) is 0 Å². The largest absolute Gasteiger partial charge is 0.434 e. The van der Waals surface area contributed by atoms with Crippen LogP contribution < -0.4 is 0 Å². The van der Waals surface area contributed by atoms with Crippen LogP contribution in [0, 0.1) is 0 Å². The first-order chi connectivity index (χ1) is 31.2. The molecule has 4 heterocycles. The number of pyridine rings is 1. The van der Waals surface area contributed by atoms with Gasteiger partial charge in [-0.25, -0.2) is 29.9 Å². The number of rotatable bonds is 7. The molecule has 0 aliphatic carbocycles. The minimum absolute atomic E-state index is 0.500. The number of hydrogen-bond donors (Lipinski definition) is 0. The number of hydrogen-bond acceptors (Lipinski definition) is 7. The highest BCUT2D eigenvalue weighted by atomic mass is 16.3. The second kappa shape index (κ2) is 15.1. The first kappa shape index (κ1) is 36.2. The van der Waals surface area contributed by atoms with Crippen LogP contribution in [-0.4, -0.2) is 29.9 Å². The molecule has 0 N–H and O–H groups in total. The zero-order valence-electron chi connectivity index (χ0n) is 33.7. The van der Waals surface area contributed by atoms with Gasteiger partial charge in [0.25, 0.3) is 0 Å². The highest BCUT2D eigenvalue weighted by Crippen LogP contribution is 2.38. The monoisotopic (exact) mass is 806 g/mol. The van der Waals surface area contributed by atoms with Crippen molar-refractivity contribution >= 4 is 43.7 Å². The lowest BCUT2D eigenvalue weighted by molar-refractivity contribution is 0.653. The molecule has 63 heavy (non-hydrogen) atoms. The van der Waals surface area contributed by atoms with Crippen LogP contribution in [0.3, 0.4) is 0 Å². The van der Waals surface area contributed by atoms with Crippen LogP contribution in [0.25, 0.3) is 123 Å². The Morgan fingerprint density at radius 3 is 1.48 bits per heavy atom. The summed E-state index contributed by atoms with van der Waals surface area (Å²) in [5.41, 5.74) is 11.2. The summed E-state index contributed by atoms with van der Waals surface area (Å²) in [6.45, 7) is 0. The normalized spacial score (nSPS) is 11.5. The third kappa shape index (κ3) is 6.74. The summed E-state index contributed by atoms with van der Waals surface area (Å²) in [6.07, 6.45) is 1.85. The Kier molecular flexibility index (Phi) is 8.67. The van der Waals surface area contributed by atoms with Gasteiger partial charge >= 0.3 is 0 Å². The van der Waals surface area contributed by atoms with E-state index in [2.05, 4.69) is 109 Å². The van der Waals surface area contributed by atoms with Crippen LogP contribution in [0.4, 0.5) is 0 Å². The summed E-state index contributed by atoms with van der Waals surface area (Å²) >= 11 is 0. The van der Waals surface area contributed by atoms with Gasteiger partial charge in [0.15, 0.2) is 28.9 Å². The molecular weight excluding hydrogens is 773 g/mol. The van der Waals surface area contributed by atoms with E-state index in [1.54, 1.807) is 0 Å². The van der Waals surface area contributed by atoms with Crippen molar-refractivity contribution in [3.63, 3.8) is 0 Å². The van der Waals surface area contributed by atoms with Gasteiger partial charge in [-0.15, -0.1) is 0 Å². The lowest BCUT2D eigenvalue weighted by Gasteiger charge is -2.10. The van der Waals surface area contributed by atoms with Crippen molar-refractivity contribution < 1.29 is 4.42 Å². The standard InChI is InChI=1S/C56H34N6O/c1-4-13-35(14-5-1)40-21-12-22-45(30-40)55-61-53(38-17-8-3-9-18-38)60-54(62-55)39-25-23-36(24-26-39)47-33-48-50-51(63-56(48)57-34-47)49(58-52(59-50)37-15-6-2-7-16-37)44-28-27-43-29-41-19-10-11-20-42(41)31-46(43)32-44/h1-34H. The molecule has 8 aromatic carbocycles. The summed E-state index contributed by atoms with van der Waals surface area (Å²) in [5.74, 6) is 2.42. The van der Waals surface area contributed by atoms with Crippen molar-refractivity contribution in [3.8, 4) is 79.1 Å². The fraction of sp³-hybridized carbons (Fsp3) is 0. The van der Waals surface area contributed by atoms with Crippen LogP contribution in [-0.2, 0) is 0 Å². The molecule has 0 atom stereocenters. The highest BCUT2D eigenvalue weighted by molar-refractivity contribution is 6.08. The maximum atomic E-state index is 6.55. The number of fused-ring (bicyclic) bond motifs is 5. The van der Waals surface area contributed by atoms with E-state index in [-0.39, 0.29) is 0 Å². The molecule has 7 nitrogen and oxygen atoms in total. The van der Waals surface area contributed by atoms with Crippen LogP contribution in [0.15, 0.2) is 211 Å². The third-order valence-corrected chi connectivity index (χ3v) is 11.6. The van der Waals surface area contributed by atoms with Gasteiger partial charge in [0.2, 0.25) is 5.71 Å². The summed E-state index contributed by atoms with van der Waals surface area (Å²) in [4.78, 5) is 30.1. The summed E-state index contributed by atoms with van der Waals surface area (Å²) in [5, 5.41) is 5.50. The molecule has 0 bridgehead atoms. The number of benzene rings is 8. The molecule has 7 heteroatoms. The molecule has 294 valence electrons. The average molecular weight is 807 g/mol. The van der Waals surface area contributed by atoms with Gasteiger partial charge in [-0.05, 0) is 68.6 Å². The predicted octanol–water partition coefficient (Wildman–Crippen LogP) is 13.9. The third-order valence-electron chi connectivity index (χ3n) is 11.6. The Bertz CT molecular complexity index is 3670. The van der Waals surface area contributed by atoms with Gasteiger partial charge in [0.1, 0.15) is 11.2 Å². The van der Waals surface area contributed by atoms with E-state index >= 15 is 0 Å². The second-order valence-corrected chi connectivity index (χ2v) is 15.6. The molecule has 12 rings (SSSR count). The molecule has 0 saturated carbocycles. The Hall–Kier alpha value is -8.68. The van der Waals surface area contributed by atoms with E-state index in [0.29, 0.717) is 40.1 Å². The van der Waals surface area contributed by atoms with Gasteiger partial charge in [-0.3, -0.25) is 0 Å². The van der Waals surface area contributed by atoms with Crippen molar-refractivity contribution in [2.45, 2.75) is 0 Å². The minimum Gasteiger partial charge on any atom is -0.434 e. The van der Waals surface area contributed by atoms with Crippen molar-refractivity contribution in [3.05, 3.63) is 206 Å². The maximum absolute atomic E-state index is 6.55. The summed E-state index contributed by atoms with van der Waals surface area (Å²) in [7, 11) is 0. The lowest BCUT2D eigenvalue weighted by Crippen LogP contribution is -2.00. The van der Waals surface area contributed by atoms with E-state index in [9.17, 15) is 0 Å². The van der Waals surface area contributed by atoms with Gasteiger partial charge in [0, 0.05) is 39.6 Å². The molecule has 0 aliphatic rings. The topological polar surface area (TPSA) is 90.5 Å². The van der Waals surface area contributed by atoms with E-state index in [1.807, 2.05) is 97.2 Å². The molecule has 0 unspecified atom stereocenters. The molecule has 0 radical (unpaired) electrons. The number of nitrogens with zero attached hydrogens (tertiary/aromatic N) is 6. The molecule has 0 spiro atoms. The van der Waals surface area contributed by atoms with Crippen molar-refractivity contribution in [1.29, 1.82) is 0 Å². The van der Waals surface area contributed by atoms with Crippen LogP contribution in [0.2, 0.25) is 0 Å². The lowest BCUT2D eigenvalue weighted by atomic mass is 10.00. The second-order valence-electron chi connectivity index (χ2n) is 15.6. The van der Waals surface area contributed by atoms with Gasteiger partial charge in [-0.1, -0.05) is 170 Å². The smallest absolute Gasteiger partial charge is 0.229 e. The first-order valence-electron chi connectivity index (χ1n) is 20.8. The summed E-state index contributed by atoms with van der Waals surface area (Å²) < 4.78 is 6.55. The molecule has 12 aromatic rings. The van der Waals surface area contributed by atoms with E-state index in [1.165, 1.54) is 10.8 Å². The maximum Gasteiger partial charge on any atom is 0.229 e. The van der Waals surface area contributed by atoms with Crippen molar-refractivity contribution in [2.75, 3.05) is 0 Å². The molecular formula is C56H34N6O. The van der Waals surface area contributed by atoms with Crippen molar-refractivity contribution in [2.24, 2.45) is 0 Å². The minimum atomic E-state index is 0.500. The molecule has 0 aliphatic heterocycles. The quantitative estimate of drug-likeness (QED) is 0.148. The van der Waals surface area contributed by atoms with Crippen molar-refractivity contribution in [1.82, 2.24) is 29.9 Å². The van der Waals surface area contributed by atoms with Gasteiger partial charge < -0.3 is 4.42 Å². The van der Waals surface area contributed by atoms with E-state index in [0.717, 1.165) is 71.9 Å².